The fourth-order valence-electron chi connectivity index (χ4n) is 1.96. The number of alkyl halides is 1. The van der Waals surface area contributed by atoms with E-state index in [4.69, 9.17) is 11.6 Å². The third-order valence-electron chi connectivity index (χ3n) is 2.97. The lowest BCUT2D eigenvalue weighted by Gasteiger charge is -2.33. The number of nitrogens with zero attached hydrogens (tertiary/aromatic N) is 3. The smallest absolute Gasteiger partial charge is 0.228 e. The lowest BCUT2D eigenvalue weighted by Crippen LogP contribution is -2.48. The minimum absolute atomic E-state index is 0.340. The van der Waals surface area contributed by atoms with E-state index in [9.17, 15) is 8.42 Å². The van der Waals surface area contributed by atoms with Gasteiger partial charge in [-0.1, -0.05) is 6.07 Å². The maximum atomic E-state index is 11.6. The molecule has 18 heavy (non-hydrogen) atoms. The van der Waals surface area contributed by atoms with Gasteiger partial charge in [0.25, 0.3) is 0 Å². The number of halogens is 1. The molecule has 1 aliphatic heterocycles. The molecule has 2 heterocycles. The van der Waals surface area contributed by atoms with Crippen molar-refractivity contribution in [1.29, 1.82) is 0 Å². The Balaban J connectivity index is 1.88. The van der Waals surface area contributed by atoms with Crippen LogP contribution in [0.3, 0.4) is 0 Å². The molecule has 0 spiro atoms. The largest absolute Gasteiger partial charge is 0.295 e. The molecule has 5 nitrogen and oxygen atoms in total. The zero-order chi connectivity index (χ0) is 13.0. The van der Waals surface area contributed by atoms with E-state index in [-0.39, 0.29) is 5.21 Å². The number of hydrogen-bond acceptors (Lipinski definition) is 4. The van der Waals surface area contributed by atoms with Crippen molar-refractivity contribution in [3.05, 3.63) is 30.1 Å². The number of hydrogen-bond donors (Lipinski definition) is 0. The van der Waals surface area contributed by atoms with Crippen molar-refractivity contribution in [2.45, 2.75) is 6.54 Å². The lowest BCUT2D eigenvalue weighted by atomic mass is 10.3. The third-order valence-corrected chi connectivity index (χ3v) is 5.23. The molecule has 0 aliphatic carbocycles. The van der Waals surface area contributed by atoms with E-state index in [0.717, 1.165) is 12.2 Å². The van der Waals surface area contributed by atoms with Crippen molar-refractivity contribution in [2.75, 3.05) is 31.4 Å². The average molecular weight is 290 g/mol. The quantitative estimate of drug-likeness (QED) is 0.767. The van der Waals surface area contributed by atoms with Crippen LogP contribution >= 0.6 is 11.6 Å². The summed E-state index contributed by atoms with van der Waals surface area (Å²) in [5.41, 5.74) is 1.01. The molecule has 0 N–H and O–H groups in total. The summed E-state index contributed by atoms with van der Waals surface area (Å²) in [6.07, 6.45) is 1.77. The normalized spacial score (nSPS) is 18.9. The Morgan fingerprint density at radius 2 is 1.94 bits per heavy atom. The van der Waals surface area contributed by atoms with Crippen molar-refractivity contribution in [3.63, 3.8) is 0 Å². The van der Waals surface area contributed by atoms with Crippen molar-refractivity contribution in [1.82, 2.24) is 14.2 Å². The van der Waals surface area contributed by atoms with Gasteiger partial charge in [-0.3, -0.25) is 9.88 Å². The molecule has 0 unspecified atom stereocenters. The Morgan fingerprint density at radius 1 is 1.22 bits per heavy atom. The predicted molar refractivity (Wildman–Crippen MR) is 70.7 cm³/mol. The number of sulfonamides is 1. The summed E-state index contributed by atoms with van der Waals surface area (Å²) in [6.45, 7) is 3.19. The molecule has 1 aromatic rings. The highest BCUT2D eigenvalue weighted by Crippen LogP contribution is 2.11. The second kappa shape index (κ2) is 5.97. The average Bonchev–Trinajstić information content (AvgIpc) is 2.40. The highest BCUT2D eigenvalue weighted by atomic mass is 35.5. The molecule has 1 aromatic heterocycles. The molecular weight excluding hydrogens is 274 g/mol. The van der Waals surface area contributed by atoms with E-state index in [1.165, 1.54) is 4.31 Å². The van der Waals surface area contributed by atoms with Crippen molar-refractivity contribution < 1.29 is 8.42 Å². The first-order valence-electron chi connectivity index (χ1n) is 5.78. The molecule has 0 saturated carbocycles. The maximum absolute atomic E-state index is 11.6. The number of piperazine rings is 1. The fraction of sp³-hybridized carbons (Fsp3) is 0.545. The van der Waals surface area contributed by atoms with Crippen LogP contribution in [0.2, 0.25) is 0 Å². The third kappa shape index (κ3) is 3.41. The summed E-state index contributed by atoms with van der Waals surface area (Å²) in [7, 11) is -3.26. The Labute approximate surface area is 112 Å². The van der Waals surface area contributed by atoms with E-state index in [2.05, 4.69) is 9.88 Å². The molecule has 2 rings (SSSR count). The van der Waals surface area contributed by atoms with Crippen molar-refractivity contribution in [3.8, 4) is 0 Å². The summed E-state index contributed by atoms with van der Waals surface area (Å²) >= 11 is 5.44. The van der Waals surface area contributed by atoms with Crippen LogP contribution in [-0.2, 0) is 16.6 Å². The summed E-state index contributed by atoms with van der Waals surface area (Å²) in [6, 6.07) is 5.81. The van der Waals surface area contributed by atoms with Gasteiger partial charge in [-0.15, -0.1) is 11.6 Å². The van der Waals surface area contributed by atoms with Crippen LogP contribution < -0.4 is 0 Å². The zero-order valence-electron chi connectivity index (χ0n) is 10.00. The summed E-state index contributed by atoms with van der Waals surface area (Å²) < 4.78 is 24.6. The molecule has 0 aromatic carbocycles. The van der Waals surface area contributed by atoms with Crippen LogP contribution in [0, 0.1) is 0 Å². The van der Waals surface area contributed by atoms with Gasteiger partial charge in [-0.25, -0.2) is 8.42 Å². The van der Waals surface area contributed by atoms with Gasteiger partial charge < -0.3 is 0 Å². The van der Waals surface area contributed by atoms with E-state index >= 15 is 0 Å². The monoisotopic (exact) mass is 289 g/mol. The highest BCUT2D eigenvalue weighted by molar-refractivity contribution is 7.90. The van der Waals surface area contributed by atoms with Crippen LogP contribution in [0.5, 0.6) is 0 Å². The highest BCUT2D eigenvalue weighted by Gasteiger charge is 2.25. The van der Waals surface area contributed by atoms with E-state index in [1.54, 1.807) is 6.20 Å². The Kier molecular flexibility index (Phi) is 4.55. The lowest BCUT2D eigenvalue weighted by molar-refractivity contribution is 0.180. The molecule has 0 bridgehead atoms. The van der Waals surface area contributed by atoms with Gasteiger partial charge in [0.1, 0.15) is 5.21 Å². The standard InChI is InChI=1S/C11H16ClN3O2S/c12-10-18(16,17)15-7-5-14(6-8-15)9-11-3-1-2-4-13-11/h1-4H,5-10H2. The maximum Gasteiger partial charge on any atom is 0.228 e. The predicted octanol–water partition coefficient (Wildman–Crippen LogP) is 0.725. The molecule has 7 heteroatoms. The first kappa shape index (κ1) is 13.7. The van der Waals surface area contributed by atoms with Crippen LogP contribution in [-0.4, -0.2) is 54.0 Å². The summed E-state index contributed by atoms with van der Waals surface area (Å²) in [4.78, 5) is 6.46. The molecule has 1 fully saturated rings. The molecule has 1 aliphatic rings. The topological polar surface area (TPSA) is 53.5 Å². The number of pyridine rings is 1. The molecule has 1 saturated heterocycles. The van der Waals surface area contributed by atoms with Gasteiger partial charge in [0.05, 0.1) is 5.69 Å². The number of aromatic nitrogens is 1. The van der Waals surface area contributed by atoms with E-state index < -0.39 is 10.0 Å². The second-order valence-corrected chi connectivity index (χ2v) is 6.77. The van der Waals surface area contributed by atoms with Gasteiger partial charge in [0.2, 0.25) is 10.0 Å². The van der Waals surface area contributed by atoms with Crippen LogP contribution in [0.25, 0.3) is 0 Å². The minimum Gasteiger partial charge on any atom is -0.295 e. The summed E-state index contributed by atoms with van der Waals surface area (Å²) in [5.74, 6) is 0. The van der Waals surface area contributed by atoms with Crippen molar-refractivity contribution >= 4 is 21.6 Å². The van der Waals surface area contributed by atoms with Gasteiger partial charge in [0.15, 0.2) is 0 Å². The Hall–Kier alpha value is -0.690. The molecule has 0 amide bonds. The van der Waals surface area contributed by atoms with Crippen molar-refractivity contribution in [2.24, 2.45) is 0 Å². The first-order chi connectivity index (χ1) is 8.62. The Bertz CT molecular complexity index is 472. The molecular formula is C11H16ClN3O2S. The number of rotatable bonds is 4. The van der Waals surface area contributed by atoms with Gasteiger partial charge in [-0.2, -0.15) is 4.31 Å². The zero-order valence-corrected chi connectivity index (χ0v) is 11.6. The van der Waals surface area contributed by atoms with Gasteiger partial charge in [0, 0.05) is 38.9 Å². The van der Waals surface area contributed by atoms with Gasteiger partial charge >= 0.3 is 0 Å². The first-order valence-corrected chi connectivity index (χ1v) is 7.92. The SMILES string of the molecule is O=S(=O)(CCl)N1CCN(Cc2ccccn2)CC1. The molecule has 100 valence electrons. The van der Waals surface area contributed by atoms with Gasteiger partial charge in [-0.05, 0) is 12.1 Å². The van der Waals surface area contributed by atoms with Crippen LogP contribution in [0.4, 0.5) is 0 Å². The van der Waals surface area contributed by atoms with Crippen LogP contribution in [0.15, 0.2) is 24.4 Å². The Morgan fingerprint density at radius 3 is 2.50 bits per heavy atom. The minimum atomic E-state index is -3.26. The second-order valence-electron chi connectivity index (χ2n) is 4.22. The van der Waals surface area contributed by atoms with E-state index in [0.29, 0.717) is 26.2 Å². The molecule has 0 radical (unpaired) electrons. The van der Waals surface area contributed by atoms with E-state index in [1.807, 2.05) is 18.2 Å². The summed E-state index contributed by atoms with van der Waals surface area (Å²) in [5, 5.41) is -0.340. The fourth-order valence-corrected chi connectivity index (χ4v) is 3.23. The molecule has 0 atom stereocenters. The van der Waals surface area contributed by atoms with Crippen LogP contribution in [0.1, 0.15) is 5.69 Å².